The number of carbonyl (C=O) groups is 1. The standard InChI is InChI=1S/C30H26FN9O3S/c1-44(42,43)27(32)17-9-16(10-19(31)11-17)21-7-8-34-28-24(21)37-29(38-28)26-25-23(39-40-26)6-5-22(36-25)18-12-20(14-33-13-18)35-30(41)15-3-2-4-15/h5-15,27H,2-4,32H2,1H3,(H,35,41)(H,39,40)(H,34,37,38). The Hall–Kier alpha value is -5.08. The molecule has 5 aromatic heterocycles. The van der Waals surface area contributed by atoms with E-state index in [4.69, 9.17) is 10.7 Å². The Morgan fingerprint density at radius 1 is 1.09 bits per heavy atom. The highest BCUT2D eigenvalue weighted by molar-refractivity contribution is 7.90. The maximum atomic E-state index is 14.6. The molecule has 6 aromatic rings. The molecule has 1 aliphatic rings. The number of sulfone groups is 1. The first-order chi connectivity index (χ1) is 21.1. The third-order valence-electron chi connectivity index (χ3n) is 7.82. The van der Waals surface area contributed by atoms with E-state index in [9.17, 15) is 17.6 Å². The van der Waals surface area contributed by atoms with Gasteiger partial charge in [0.05, 0.1) is 28.6 Å². The lowest BCUT2D eigenvalue weighted by molar-refractivity contribution is -0.122. The zero-order valence-electron chi connectivity index (χ0n) is 23.4. The molecular formula is C30H26FN9O3S. The Morgan fingerprint density at radius 3 is 2.70 bits per heavy atom. The van der Waals surface area contributed by atoms with Gasteiger partial charge in [0, 0.05) is 35.7 Å². The van der Waals surface area contributed by atoms with E-state index in [1.54, 1.807) is 24.5 Å². The van der Waals surface area contributed by atoms with Crippen LogP contribution in [0.4, 0.5) is 10.1 Å². The first kappa shape index (κ1) is 27.7. The average Bonchev–Trinajstić information content (AvgIpc) is 3.59. The number of aromatic nitrogens is 7. The van der Waals surface area contributed by atoms with Crippen molar-refractivity contribution in [2.45, 2.75) is 24.6 Å². The summed E-state index contributed by atoms with van der Waals surface area (Å²) in [5, 5.41) is 8.99. The van der Waals surface area contributed by atoms with Crippen LogP contribution in [-0.2, 0) is 14.6 Å². The van der Waals surface area contributed by atoms with E-state index in [0.717, 1.165) is 31.6 Å². The third kappa shape index (κ3) is 5.07. The molecule has 1 amide bonds. The van der Waals surface area contributed by atoms with Crippen molar-refractivity contribution in [3.63, 3.8) is 0 Å². The van der Waals surface area contributed by atoms with Crippen LogP contribution in [-0.4, -0.2) is 55.7 Å². The number of amides is 1. The van der Waals surface area contributed by atoms with E-state index in [1.807, 2.05) is 18.2 Å². The zero-order chi connectivity index (χ0) is 30.6. The van der Waals surface area contributed by atoms with Gasteiger partial charge in [-0.2, -0.15) is 5.10 Å². The Balaban J connectivity index is 1.26. The first-order valence-electron chi connectivity index (χ1n) is 13.9. The molecule has 222 valence electrons. The molecule has 0 saturated heterocycles. The number of pyridine rings is 3. The molecule has 1 fully saturated rings. The maximum Gasteiger partial charge on any atom is 0.227 e. The van der Waals surface area contributed by atoms with Crippen LogP contribution in [0.3, 0.4) is 0 Å². The van der Waals surface area contributed by atoms with Crippen molar-refractivity contribution < 1.29 is 17.6 Å². The van der Waals surface area contributed by atoms with Crippen molar-refractivity contribution >= 4 is 43.6 Å². The molecule has 1 aromatic carbocycles. The molecule has 0 radical (unpaired) electrons. The highest BCUT2D eigenvalue weighted by Gasteiger charge is 2.25. The second-order valence-electron chi connectivity index (χ2n) is 10.9. The third-order valence-corrected chi connectivity index (χ3v) is 9.02. The number of hydrogen-bond acceptors (Lipinski definition) is 9. The van der Waals surface area contributed by atoms with Gasteiger partial charge in [-0.3, -0.25) is 14.9 Å². The van der Waals surface area contributed by atoms with Gasteiger partial charge in [-0.05, 0) is 66.4 Å². The molecule has 0 bridgehead atoms. The number of halogens is 1. The van der Waals surface area contributed by atoms with Gasteiger partial charge in [-0.25, -0.2) is 27.8 Å². The summed E-state index contributed by atoms with van der Waals surface area (Å²) in [5.74, 6) is -0.202. The number of hydrogen-bond donors (Lipinski definition) is 4. The van der Waals surface area contributed by atoms with E-state index in [0.29, 0.717) is 61.8 Å². The molecule has 1 unspecified atom stereocenters. The number of nitrogens with two attached hydrogens (primary N) is 1. The summed E-state index contributed by atoms with van der Waals surface area (Å²) in [4.78, 5) is 33.8. The Morgan fingerprint density at radius 2 is 1.93 bits per heavy atom. The fourth-order valence-electron chi connectivity index (χ4n) is 5.23. The van der Waals surface area contributed by atoms with Crippen molar-refractivity contribution in [2.24, 2.45) is 11.7 Å². The van der Waals surface area contributed by atoms with E-state index in [-0.39, 0.29) is 17.4 Å². The molecule has 12 nitrogen and oxygen atoms in total. The van der Waals surface area contributed by atoms with Gasteiger partial charge in [0.1, 0.15) is 16.7 Å². The number of nitrogens with one attached hydrogen (secondary N) is 3. The summed E-state index contributed by atoms with van der Waals surface area (Å²) in [6.45, 7) is 0. The van der Waals surface area contributed by atoms with Gasteiger partial charge in [-0.15, -0.1) is 0 Å². The zero-order valence-corrected chi connectivity index (χ0v) is 24.2. The van der Waals surface area contributed by atoms with Crippen LogP contribution >= 0.6 is 0 Å². The normalized spacial score (nSPS) is 14.5. The van der Waals surface area contributed by atoms with E-state index in [1.165, 1.54) is 12.3 Å². The second kappa shape index (κ2) is 10.6. The number of anilines is 1. The summed E-state index contributed by atoms with van der Waals surface area (Å²) in [5.41, 5.74) is 11.4. The molecule has 1 aliphatic carbocycles. The van der Waals surface area contributed by atoms with Gasteiger partial charge in [0.25, 0.3) is 0 Å². The fourth-order valence-corrected chi connectivity index (χ4v) is 5.86. The number of nitrogens with zero attached hydrogens (tertiary/aromatic N) is 5. The van der Waals surface area contributed by atoms with Crippen LogP contribution in [0.5, 0.6) is 0 Å². The van der Waals surface area contributed by atoms with E-state index in [2.05, 4.69) is 35.5 Å². The van der Waals surface area contributed by atoms with Crippen molar-refractivity contribution in [3.8, 4) is 33.9 Å². The summed E-state index contributed by atoms with van der Waals surface area (Å²) in [6.07, 6.45) is 8.70. The molecule has 5 N–H and O–H groups in total. The topological polar surface area (TPSA) is 185 Å². The molecular weight excluding hydrogens is 585 g/mol. The summed E-state index contributed by atoms with van der Waals surface area (Å²) < 4.78 is 38.7. The lowest BCUT2D eigenvalue weighted by Crippen LogP contribution is -2.28. The molecule has 1 atom stereocenters. The number of carbonyl (C=O) groups excluding carboxylic acids is 1. The lowest BCUT2D eigenvalue weighted by Gasteiger charge is -2.24. The highest BCUT2D eigenvalue weighted by Crippen LogP contribution is 2.33. The van der Waals surface area contributed by atoms with Crippen LogP contribution in [0.15, 0.2) is 61.1 Å². The van der Waals surface area contributed by atoms with Gasteiger partial charge < -0.3 is 16.0 Å². The van der Waals surface area contributed by atoms with Crippen LogP contribution < -0.4 is 11.1 Å². The molecule has 14 heteroatoms. The summed E-state index contributed by atoms with van der Waals surface area (Å²) in [7, 11) is -3.66. The SMILES string of the molecule is CS(=O)(=O)C(N)c1cc(F)cc(-c2ccnc3nc(-c4n[nH]c5ccc(-c6cncc(NC(=O)C7CCC7)c6)nc45)[nH]c23)c1. The monoisotopic (exact) mass is 611 g/mol. The Labute approximate surface area is 250 Å². The molecule has 5 heterocycles. The van der Waals surface area contributed by atoms with Gasteiger partial charge >= 0.3 is 0 Å². The van der Waals surface area contributed by atoms with Crippen molar-refractivity contribution in [3.05, 3.63) is 72.4 Å². The number of H-pyrrole nitrogens is 2. The maximum absolute atomic E-state index is 14.6. The molecule has 44 heavy (non-hydrogen) atoms. The largest absolute Gasteiger partial charge is 0.335 e. The lowest BCUT2D eigenvalue weighted by atomic mass is 9.85. The minimum Gasteiger partial charge on any atom is -0.335 e. The second-order valence-corrected chi connectivity index (χ2v) is 13.1. The van der Waals surface area contributed by atoms with E-state index < -0.39 is 21.0 Å². The average molecular weight is 612 g/mol. The summed E-state index contributed by atoms with van der Waals surface area (Å²) in [6, 6.07) is 11.1. The molecule has 0 spiro atoms. The number of aromatic amines is 2. The molecule has 1 saturated carbocycles. The first-order valence-corrected chi connectivity index (χ1v) is 15.8. The Bertz CT molecular complexity index is 2190. The predicted molar refractivity (Wildman–Crippen MR) is 163 cm³/mol. The van der Waals surface area contributed by atoms with Crippen LogP contribution in [0, 0.1) is 11.7 Å². The van der Waals surface area contributed by atoms with Gasteiger partial charge in [0.15, 0.2) is 27.0 Å². The summed E-state index contributed by atoms with van der Waals surface area (Å²) >= 11 is 0. The number of rotatable bonds is 7. The highest BCUT2D eigenvalue weighted by atomic mass is 32.2. The number of benzene rings is 1. The van der Waals surface area contributed by atoms with Crippen LogP contribution in [0.25, 0.3) is 56.1 Å². The number of imidazole rings is 1. The van der Waals surface area contributed by atoms with Crippen LogP contribution in [0.1, 0.15) is 30.2 Å². The van der Waals surface area contributed by atoms with Crippen molar-refractivity contribution in [1.82, 2.24) is 35.1 Å². The van der Waals surface area contributed by atoms with Crippen molar-refractivity contribution in [1.29, 1.82) is 0 Å². The smallest absolute Gasteiger partial charge is 0.227 e. The molecule has 0 aliphatic heterocycles. The minimum atomic E-state index is -3.66. The van der Waals surface area contributed by atoms with Gasteiger partial charge in [-0.1, -0.05) is 6.42 Å². The van der Waals surface area contributed by atoms with E-state index >= 15 is 0 Å². The quantitative estimate of drug-likeness (QED) is 0.202. The predicted octanol–water partition coefficient (Wildman–Crippen LogP) is 4.50. The molecule has 7 rings (SSSR count). The van der Waals surface area contributed by atoms with Crippen LogP contribution in [0.2, 0.25) is 0 Å². The number of fused-ring (bicyclic) bond motifs is 2. The minimum absolute atomic E-state index is 0.00121. The van der Waals surface area contributed by atoms with Crippen molar-refractivity contribution in [2.75, 3.05) is 11.6 Å². The van der Waals surface area contributed by atoms with Gasteiger partial charge in [0.2, 0.25) is 5.91 Å². The Kier molecular flexibility index (Phi) is 6.66. The fraction of sp³-hybridized carbons (Fsp3) is 0.200.